The smallest absolute Gasteiger partial charge is 0.150 e. The Morgan fingerprint density at radius 1 is 0.833 bits per heavy atom. The molecule has 0 amide bonds. The monoisotopic (exact) mass is 403 g/mol. The molecule has 154 valence electrons. The predicted molar refractivity (Wildman–Crippen MR) is 111 cm³/mol. The second-order valence-corrected chi connectivity index (χ2v) is 7.84. The summed E-state index contributed by atoms with van der Waals surface area (Å²) in [5.41, 5.74) is 4.39. The second-order valence-electron chi connectivity index (χ2n) is 7.84. The normalized spacial score (nSPS) is 22.0. The molecule has 2 aromatic heterocycles. The maximum absolute atomic E-state index is 9.75. The molecule has 1 aromatic carbocycles. The van der Waals surface area contributed by atoms with Crippen LogP contribution in [0.15, 0.2) is 42.7 Å². The zero-order chi connectivity index (χ0) is 20.3. The highest BCUT2D eigenvalue weighted by atomic mass is 16.5. The number of aromatic nitrogens is 4. The molecule has 0 saturated carbocycles. The lowest BCUT2D eigenvalue weighted by Crippen LogP contribution is -2.20. The molecule has 2 atom stereocenters. The summed E-state index contributed by atoms with van der Waals surface area (Å²) >= 11 is 0. The second kappa shape index (κ2) is 8.42. The lowest BCUT2D eigenvalue weighted by molar-refractivity contribution is -0.0384. The van der Waals surface area contributed by atoms with E-state index in [1.54, 1.807) is 6.20 Å². The van der Waals surface area contributed by atoms with E-state index in [0.717, 1.165) is 74.3 Å². The zero-order valence-corrected chi connectivity index (χ0v) is 16.9. The molecule has 0 radical (unpaired) electrons. The molecule has 0 N–H and O–H groups in total. The summed E-state index contributed by atoms with van der Waals surface area (Å²) in [6, 6.07) is 12.2. The first-order valence-electron chi connectivity index (χ1n) is 10.7. The van der Waals surface area contributed by atoms with E-state index in [2.05, 4.69) is 22.3 Å². The van der Waals surface area contributed by atoms with Gasteiger partial charge in [-0.25, -0.2) is 9.36 Å². The Hall–Kier alpha value is -2.95. The van der Waals surface area contributed by atoms with Gasteiger partial charge in [0, 0.05) is 36.7 Å². The van der Waals surface area contributed by atoms with Gasteiger partial charge in [0.15, 0.2) is 12.5 Å². The molecule has 2 fully saturated rings. The van der Waals surface area contributed by atoms with Crippen LogP contribution >= 0.6 is 0 Å². The lowest BCUT2D eigenvalue weighted by Gasteiger charge is -2.25. The minimum atomic E-state index is -0.0832. The van der Waals surface area contributed by atoms with E-state index in [-0.39, 0.29) is 12.5 Å². The van der Waals surface area contributed by atoms with Crippen LogP contribution in [0.3, 0.4) is 0 Å². The van der Waals surface area contributed by atoms with E-state index < -0.39 is 0 Å². The number of nitrogens with zero attached hydrogens (tertiary/aromatic N) is 5. The van der Waals surface area contributed by atoms with Gasteiger partial charge in [0.2, 0.25) is 0 Å². The first kappa shape index (κ1) is 19.0. The van der Waals surface area contributed by atoms with Gasteiger partial charge in [0.1, 0.15) is 0 Å². The van der Waals surface area contributed by atoms with Crippen LogP contribution in [0.5, 0.6) is 0 Å². The van der Waals surface area contributed by atoms with Crippen molar-refractivity contribution in [1.29, 1.82) is 5.26 Å². The Bertz CT molecular complexity index is 1050. The maximum atomic E-state index is 9.75. The van der Waals surface area contributed by atoms with Gasteiger partial charge in [-0.2, -0.15) is 15.5 Å². The van der Waals surface area contributed by atoms with Crippen molar-refractivity contribution in [3.05, 3.63) is 48.3 Å². The average Bonchev–Trinajstić information content (AvgIpc) is 3.50. The standard InChI is InChI=1S/C23H25N5O2/c24-16-18-8-7-17(20-9-11-25-27(20)22-5-1-3-13-29-22)15-19(18)21-10-12-26-28(21)23-6-2-4-14-30-23/h7-12,15,22-23H,1-6,13-14H2. The third kappa shape index (κ3) is 3.53. The van der Waals surface area contributed by atoms with E-state index in [0.29, 0.717) is 5.56 Å². The van der Waals surface area contributed by atoms with Crippen LogP contribution in [0.25, 0.3) is 22.5 Å². The van der Waals surface area contributed by atoms with Crippen LogP contribution in [-0.2, 0) is 9.47 Å². The van der Waals surface area contributed by atoms with Crippen molar-refractivity contribution < 1.29 is 9.47 Å². The van der Waals surface area contributed by atoms with Crippen molar-refractivity contribution in [3.8, 4) is 28.6 Å². The van der Waals surface area contributed by atoms with Gasteiger partial charge >= 0.3 is 0 Å². The SMILES string of the molecule is N#Cc1ccc(-c2ccnn2C2CCCCO2)cc1-c1ccnn1C1CCCCO1. The average molecular weight is 403 g/mol. The lowest BCUT2D eigenvalue weighted by atomic mass is 10.00. The van der Waals surface area contributed by atoms with Crippen molar-refractivity contribution in [2.45, 2.75) is 51.0 Å². The topological polar surface area (TPSA) is 77.9 Å². The molecule has 0 spiro atoms. The highest BCUT2D eigenvalue weighted by Gasteiger charge is 2.23. The first-order chi connectivity index (χ1) is 14.8. The summed E-state index contributed by atoms with van der Waals surface area (Å²) in [4.78, 5) is 0. The molecule has 2 unspecified atom stereocenters. The Morgan fingerprint density at radius 3 is 2.07 bits per heavy atom. The van der Waals surface area contributed by atoms with E-state index in [1.165, 1.54) is 0 Å². The molecule has 3 aromatic rings. The fraction of sp³-hybridized carbons (Fsp3) is 0.435. The van der Waals surface area contributed by atoms with Crippen molar-refractivity contribution in [2.75, 3.05) is 13.2 Å². The molecule has 0 bridgehead atoms. The summed E-state index contributed by atoms with van der Waals surface area (Å²) < 4.78 is 15.8. The van der Waals surface area contributed by atoms with Crippen molar-refractivity contribution in [2.24, 2.45) is 0 Å². The van der Waals surface area contributed by atoms with Crippen molar-refractivity contribution in [3.63, 3.8) is 0 Å². The van der Waals surface area contributed by atoms with E-state index in [4.69, 9.17) is 9.47 Å². The summed E-state index contributed by atoms with van der Waals surface area (Å²) in [5.74, 6) is 0. The van der Waals surface area contributed by atoms with Crippen LogP contribution < -0.4 is 0 Å². The molecule has 2 aliphatic heterocycles. The highest BCUT2D eigenvalue weighted by Crippen LogP contribution is 2.34. The maximum Gasteiger partial charge on any atom is 0.150 e. The van der Waals surface area contributed by atoms with E-state index in [1.807, 2.05) is 39.8 Å². The molecule has 0 aliphatic carbocycles. The predicted octanol–water partition coefficient (Wildman–Crippen LogP) is 4.68. The quantitative estimate of drug-likeness (QED) is 0.632. The van der Waals surface area contributed by atoms with Crippen LogP contribution in [-0.4, -0.2) is 32.8 Å². The fourth-order valence-corrected chi connectivity index (χ4v) is 4.38. The Balaban J connectivity index is 1.55. The first-order valence-corrected chi connectivity index (χ1v) is 10.7. The Morgan fingerprint density at radius 2 is 1.47 bits per heavy atom. The molecule has 2 aliphatic rings. The van der Waals surface area contributed by atoms with Crippen molar-refractivity contribution in [1.82, 2.24) is 19.6 Å². The summed E-state index contributed by atoms with van der Waals surface area (Å²) in [5, 5.41) is 18.8. The molecule has 7 nitrogen and oxygen atoms in total. The Labute approximate surface area is 175 Å². The van der Waals surface area contributed by atoms with Crippen LogP contribution in [0.4, 0.5) is 0 Å². The molecule has 2 saturated heterocycles. The third-order valence-corrected chi connectivity index (χ3v) is 5.91. The van der Waals surface area contributed by atoms with Crippen LogP contribution in [0, 0.1) is 11.3 Å². The minimum absolute atomic E-state index is 0.0380. The zero-order valence-electron chi connectivity index (χ0n) is 16.9. The van der Waals surface area contributed by atoms with Gasteiger partial charge in [-0.15, -0.1) is 0 Å². The van der Waals surface area contributed by atoms with Gasteiger partial charge < -0.3 is 9.47 Å². The number of nitriles is 1. The molecular formula is C23H25N5O2. The van der Waals surface area contributed by atoms with Gasteiger partial charge in [-0.3, -0.25) is 0 Å². The molecule has 4 heterocycles. The van der Waals surface area contributed by atoms with E-state index in [9.17, 15) is 5.26 Å². The number of hydrogen-bond donors (Lipinski definition) is 0. The number of hydrogen-bond acceptors (Lipinski definition) is 5. The highest BCUT2D eigenvalue weighted by molar-refractivity contribution is 5.75. The number of rotatable bonds is 4. The van der Waals surface area contributed by atoms with Gasteiger partial charge in [-0.05, 0) is 62.8 Å². The molecule has 5 rings (SSSR count). The Kier molecular flexibility index (Phi) is 5.35. The third-order valence-electron chi connectivity index (χ3n) is 5.91. The summed E-state index contributed by atoms with van der Waals surface area (Å²) in [6.07, 6.45) is 9.81. The van der Waals surface area contributed by atoms with Crippen molar-refractivity contribution >= 4 is 0 Å². The molecule has 30 heavy (non-hydrogen) atoms. The number of ether oxygens (including phenoxy) is 2. The number of benzene rings is 1. The van der Waals surface area contributed by atoms with Gasteiger partial charge in [0.25, 0.3) is 0 Å². The van der Waals surface area contributed by atoms with Crippen LogP contribution in [0.2, 0.25) is 0 Å². The molecule has 7 heteroatoms. The van der Waals surface area contributed by atoms with E-state index >= 15 is 0 Å². The summed E-state index contributed by atoms with van der Waals surface area (Å²) in [7, 11) is 0. The summed E-state index contributed by atoms with van der Waals surface area (Å²) in [6.45, 7) is 1.51. The largest absolute Gasteiger partial charge is 0.356 e. The van der Waals surface area contributed by atoms with Gasteiger partial charge in [-0.1, -0.05) is 6.07 Å². The van der Waals surface area contributed by atoms with Crippen LogP contribution in [0.1, 0.15) is 56.5 Å². The fourth-order valence-electron chi connectivity index (χ4n) is 4.38. The van der Waals surface area contributed by atoms with Gasteiger partial charge in [0.05, 0.1) is 23.0 Å². The minimum Gasteiger partial charge on any atom is -0.356 e. The molecular weight excluding hydrogens is 378 g/mol.